The van der Waals surface area contributed by atoms with Crippen molar-refractivity contribution in [2.75, 3.05) is 38.0 Å². The Hall–Kier alpha value is -2.55. The molecule has 0 aliphatic rings. The Bertz CT molecular complexity index is 1450. The fourth-order valence-corrected chi connectivity index (χ4v) is 13.8. The van der Waals surface area contributed by atoms with Crippen molar-refractivity contribution >= 4 is 69.3 Å². The first kappa shape index (κ1) is 26.5. The molecule has 0 aliphatic carbocycles. The molecule has 0 fully saturated rings. The number of hydrogen-bond donors (Lipinski definition) is 1. The molecule has 4 rings (SSSR count). The third kappa shape index (κ3) is 4.51. The summed E-state index contributed by atoms with van der Waals surface area (Å²) in [5, 5.41) is 2.13. The first-order valence-corrected chi connectivity index (χ1v) is 16.5. The maximum absolute atomic E-state index is 13.6. The summed E-state index contributed by atoms with van der Waals surface area (Å²) in [6.45, 7) is 0. The van der Waals surface area contributed by atoms with Crippen LogP contribution in [0.4, 0.5) is 24.5 Å². The topological polar surface area (TPSA) is 70.1 Å². The van der Waals surface area contributed by atoms with Crippen LogP contribution < -0.4 is 17.0 Å². The molecule has 11 heteroatoms. The summed E-state index contributed by atoms with van der Waals surface area (Å²) in [5.74, 6) is 0. The summed E-state index contributed by atoms with van der Waals surface area (Å²) in [7, 11) is 0.881. The van der Waals surface area contributed by atoms with Crippen molar-refractivity contribution in [1.29, 1.82) is 0 Å². The van der Waals surface area contributed by atoms with Crippen LogP contribution in [0.1, 0.15) is 0 Å². The Kier molecular flexibility index (Phi) is 6.92. The molecule has 1 N–H and O–H groups in total. The van der Waals surface area contributed by atoms with E-state index in [1.54, 1.807) is 98.7 Å². The fraction of sp³-hybridized carbons (Fsp3) is 0.200. The minimum absolute atomic E-state index is 0.0494. The van der Waals surface area contributed by atoms with Gasteiger partial charge >= 0.3 is 213 Å². The summed E-state index contributed by atoms with van der Waals surface area (Å²) < 4.78 is 83.2. The van der Waals surface area contributed by atoms with Crippen molar-refractivity contribution in [2.45, 2.75) is 5.51 Å². The van der Waals surface area contributed by atoms with Crippen molar-refractivity contribution in [3.63, 3.8) is 0 Å². The standard InChI is InChI=1S/C25H25F3N2O4STe/c1-29(2)19-13-5-9-17-11-7-15-21(23(17)19)36(33,34-35(31,32)25(26,27)28)22-16-8-12-18-10-6-14-20(24(18)22)30(3)4/h5-16,33H,1-4H3. The van der Waals surface area contributed by atoms with Crippen LogP contribution in [0.2, 0.25) is 0 Å². The van der Waals surface area contributed by atoms with Crippen molar-refractivity contribution in [1.82, 2.24) is 0 Å². The van der Waals surface area contributed by atoms with E-state index in [1.807, 2.05) is 0 Å². The number of benzene rings is 4. The molecule has 192 valence electrons. The average Bonchev–Trinajstić information content (AvgIpc) is 2.81. The molecule has 0 aromatic heterocycles. The molecular weight excluding hydrogens is 609 g/mol. The maximum atomic E-state index is 13.6. The minimum atomic E-state index is -6.15. The Morgan fingerprint density at radius 1 is 0.722 bits per heavy atom. The van der Waals surface area contributed by atoms with Crippen molar-refractivity contribution in [2.24, 2.45) is 0 Å². The second-order valence-electron chi connectivity index (χ2n) is 8.55. The zero-order valence-corrected chi connectivity index (χ0v) is 23.1. The molecular formula is C25H25F3N2O4STe. The number of anilines is 2. The van der Waals surface area contributed by atoms with Crippen LogP contribution in [-0.2, 0) is 12.7 Å². The van der Waals surface area contributed by atoms with Crippen LogP contribution >= 0.6 is 0 Å². The number of fused-ring (bicyclic) bond motifs is 2. The van der Waals surface area contributed by atoms with E-state index in [2.05, 4.69) is 0 Å². The molecule has 0 radical (unpaired) electrons. The summed E-state index contributed by atoms with van der Waals surface area (Å²) in [4.78, 5) is 3.50. The molecule has 4 aromatic carbocycles. The third-order valence-corrected chi connectivity index (χ3v) is 15.2. The average molecular weight is 634 g/mol. The molecule has 0 atom stereocenters. The molecule has 0 unspecified atom stereocenters. The van der Waals surface area contributed by atoms with Gasteiger partial charge in [0, 0.05) is 0 Å². The van der Waals surface area contributed by atoms with Crippen molar-refractivity contribution in [3.8, 4) is 0 Å². The fourth-order valence-electron chi connectivity index (χ4n) is 4.14. The molecule has 0 heterocycles. The third-order valence-electron chi connectivity index (χ3n) is 5.72. The van der Waals surface area contributed by atoms with E-state index in [-0.39, 0.29) is 7.22 Å². The molecule has 6 nitrogen and oxygen atoms in total. The molecule has 0 aliphatic heterocycles. The van der Waals surface area contributed by atoms with E-state index in [4.69, 9.17) is 2.55 Å². The van der Waals surface area contributed by atoms with Crippen LogP contribution in [0.5, 0.6) is 0 Å². The normalized spacial score (nSPS) is 13.2. The van der Waals surface area contributed by atoms with Gasteiger partial charge in [-0.15, -0.1) is 0 Å². The molecule has 36 heavy (non-hydrogen) atoms. The first-order valence-electron chi connectivity index (χ1n) is 10.7. The van der Waals surface area contributed by atoms with Crippen molar-refractivity contribution < 1.29 is 27.6 Å². The number of alkyl halides is 3. The van der Waals surface area contributed by atoms with E-state index in [0.29, 0.717) is 32.9 Å². The number of rotatable bonds is 6. The summed E-state index contributed by atoms with van der Waals surface area (Å²) in [6.07, 6.45) is 0. The Morgan fingerprint density at radius 3 is 1.42 bits per heavy atom. The SMILES string of the molecule is CN(C)c1cccc2cccc([Te](O)(OS(=O)(=O)C(F)(F)F)c3cccc4cccc(N(C)C)c34)c12. The van der Waals surface area contributed by atoms with Gasteiger partial charge in [-0.3, -0.25) is 0 Å². The molecule has 0 spiro atoms. The molecule has 4 aromatic rings. The van der Waals surface area contributed by atoms with Crippen molar-refractivity contribution in [3.05, 3.63) is 72.8 Å². The van der Waals surface area contributed by atoms with Gasteiger partial charge in [0.25, 0.3) is 0 Å². The zero-order valence-electron chi connectivity index (χ0n) is 19.9. The summed E-state index contributed by atoms with van der Waals surface area (Å²) in [6, 6.07) is 20.1. The van der Waals surface area contributed by atoms with Gasteiger partial charge in [-0.25, -0.2) is 0 Å². The van der Waals surface area contributed by atoms with Gasteiger partial charge in [-0.2, -0.15) is 0 Å². The van der Waals surface area contributed by atoms with Gasteiger partial charge in [-0.1, -0.05) is 0 Å². The Balaban J connectivity index is 2.19. The summed E-state index contributed by atoms with van der Waals surface area (Å²) >= 11 is -5.85. The first-order chi connectivity index (χ1) is 16.8. The van der Waals surface area contributed by atoms with Gasteiger partial charge in [0.2, 0.25) is 0 Å². The van der Waals surface area contributed by atoms with E-state index in [9.17, 15) is 25.1 Å². The number of nitrogens with zero attached hydrogens (tertiary/aromatic N) is 2. The van der Waals surface area contributed by atoms with Gasteiger partial charge in [0.05, 0.1) is 0 Å². The quantitative estimate of drug-likeness (QED) is 0.259. The molecule has 0 amide bonds. The predicted molar refractivity (Wildman–Crippen MR) is 140 cm³/mol. The number of hydrogen-bond acceptors (Lipinski definition) is 6. The molecule has 0 saturated heterocycles. The van der Waals surface area contributed by atoms with Crippen LogP contribution in [0.25, 0.3) is 21.5 Å². The van der Waals surface area contributed by atoms with E-state index in [0.717, 1.165) is 0 Å². The second-order valence-corrected chi connectivity index (χ2v) is 16.7. The van der Waals surface area contributed by atoms with E-state index >= 15 is 0 Å². The van der Waals surface area contributed by atoms with Crippen LogP contribution in [0.3, 0.4) is 0 Å². The van der Waals surface area contributed by atoms with E-state index in [1.165, 1.54) is 12.1 Å². The van der Waals surface area contributed by atoms with Gasteiger partial charge in [0.1, 0.15) is 0 Å². The van der Waals surface area contributed by atoms with Crippen LogP contribution in [0, 0.1) is 0 Å². The Morgan fingerprint density at radius 2 is 1.08 bits per heavy atom. The van der Waals surface area contributed by atoms with Gasteiger partial charge < -0.3 is 0 Å². The molecule has 0 bridgehead atoms. The Labute approximate surface area is 212 Å². The van der Waals surface area contributed by atoms with Gasteiger partial charge in [0.15, 0.2) is 0 Å². The number of halogens is 3. The van der Waals surface area contributed by atoms with E-state index < -0.39 is 34.6 Å². The van der Waals surface area contributed by atoms with Crippen LogP contribution in [0.15, 0.2) is 72.8 Å². The van der Waals surface area contributed by atoms with Crippen LogP contribution in [-0.4, -0.2) is 64.6 Å². The molecule has 0 saturated carbocycles. The van der Waals surface area contributed by atoms with Gasteiger partial charge in [-0.05, 0) is 0 Å². The monoisotopic (exact) mass is 636 g/mol. The predicted octanol–water partition coefficient (Wildman–Crippen LogP) is 3.54. The summed E-state index contributed by atoms with van der Waals surface area (Å²) in [5.41, 5.74) is -4.50. The second kappa shape index (κ2) is 9.39. The zero-order chi connectivity index (χ0) is 26.5.